The monoisotopic (exact) mass is 486 g/mol. The zero-order valence-corrected chi connectivity index (χ0v) is 21.4. The van der Waals surface area contributed by atoms with E-state index in [4.69, 9.17) is 10.5 Å². The predicted octanol–water partition coefficient (Wildman–Crippen LogP) is 3.20. The predicted molar refractivity (Wildman–Crippen MR) is 132 cm³/mol. The first kappa shape index (κ1) is 25.8. The summed E-state index contributed by atoms with van der Waals surface area (Å²) in [5.41, 5.74) is 10.6. The molecule has 184 valence electrons. The second kappa shape index (κ2) is 10.2. The fraction of sp³-hybridized carbons (Fsp3) is 0.520. The number of amides is 2. The number of nitrogens with one attached hydrogen (secondary N) is 1. The third-order valence-electron chi connectivity index (χ3n) is 6.16. The van der Waals surface area contributed by atoms with Gasteiger partial charge >= 0.3 is 5.97 Å². The van der Waals surface area contributed by atoms with Crippen LogP contribution in [0.4, 0.5) is 0 Å². The standard InChI is InChI=1S/C25H34N4O4S/c1-14(17-7-9-18(10-8-17)21-15(2)27-13-34-21)28-23(31)20-11-19(33-16(3)30)12-29(20)24(32)22(26)25(4,5)6/h7-10,13-14,19-20,22H,11-12,26H2,1-6H3,(H,28,31)/t14-,19+,20-,22+/m0/s1. The maximum Gasteiger partial charge on any atom is 0.302 e. The smallest absolute Gasteiger partial charge is 0.302 e. The van der Waals surface area contributed by atoms with Crippen LogP contribution in [0.1, 0.15) is 58.3 Å². The summed E-state index contributed by atoms with van der Waals surface area (Å²) < 4.78 is 5.33. The molecule has 34 heavy (non-hydrogen) atoms. The normalized spacial score (nSPS) is 20.0. The van der Waals surface area contributed by atoms with Crippen molar-refractivity contribution in [2.24, 2.45) is 11.1 Å². The summed E-state index contributed by atoms with van der Waals surface area (Å²) in [6.45, 7) is 11.0. The molecule has 4 atom stereocenters. The highest BCUT2D eigenvalue weighted by molar-refractivity contribution is 7.13. The number of carbonyl (C=O) groups excluding carboxylic acids is 3. The first-order valence-electron chi connectivity index (χ1n) is 11.4. The average Bonchev–Trinajstić information content (AvgIpc) is 3.37. The number of esters is 1. The molecule has 1 fully saturated rings. The van der Waals surface area contributed by atoms with E-state index >= 15 is 0 Å². The van der Waals surface area contributed by atoms with Gasteiger partial charge in [0.25, 0.3) is 0 Å². The third kappa shape index (κ3) is 5.82. The molecule has 0 saturated carbocycles. The number of hydrogen-bond acceptors (Lipinski definition) is 7. The molecule has 1 aliphatic heterocycles. The summed E-state index contributed by atoms with van der Waals surface area (Å²) in [7, 11) is 0. The Morgan fingerprint density at radius 2 is 1.88 bits per heavy atom. The molecule has 3 rings (SSSR count). The van der Waals surface area contributed by atoms with Gasteiger partial charge in [0.05, 0.1) is 34.7 Å². The van der Waals surface area contributed by atoms with Gasteiger partial charge in [-0.15, -0.1) is 11.3 Å². The highest BCUT2D eigenvalue weighted by Crippen LogP contribution is 2.29. The van der Waals surface area contributed by atoms with E-state index < -0.39 is 29.6 Å². The van der Waals surface area contributed by atoms with Gasteiger partial charge in [-0.25, -0.2) is 4.98 Å². The minimum Gasteiger partial charge on any atom is -0.461 e. The number of ether oxygens (including phenoxy) is 1. The van der Waals surface area contributed by atoms with Crippen LogP contribution in [0.2, 0.25) is 0 Å². The molecule has 0 bridgehead atoms. The largest absolute Gasteiger partial charge is 0.461 e. The van der Waals surface area contributed by atoms with E-state index in [9.17, 15) is 14.4 Å². The number of aromatic nitrogens is 1. The highest BCUT2D eigenvalue weighted by Gasteiger charge is 2.44. The minimum atomic E-state index is -0.779. The lowest BCUT2D eigenvalue weighted by Gasteiger charge is -2.32. The lowest BCUT2D eigenvalue weighted by Crippen LogP contribution is -2.55. The number of thiazole rings is 1. The van der Waals surface area contributed by atoms with Crippen LogP contribution >= 0.6 is 11.3 Å². The van der Waals surface area contributed by atoms with Gasteiger partial charge in [0.15, 0.2) is 0 Å². The third-order valence-corrected chi connectivity index (χ3v) is 7.13. The number of likely N-dealkylation sites (tertiary alicyclic amines) is 1. The SMILES string of the molecule is CC(=O)O[C@@H]1C[C@@H](C(=O)N[C@@H](C)c2ccc(-c3scnc3C)cc2)N(C(=O)[C@@H](N)C(C)(C)C)C1. The number of carbonyl (C=O) groups is 3. The van der Waals surface area contributed by atoms with Gasteiger partial charge in [-0.3, -0.25) is 14.4 Å². The number of aryl methyl sites for hydroxylation is 1. The van der Waals surface area contributed by atoms with Crippen molar-refractivity contribution < 1.29 is 19.1 Å². The lowest BCUT2D eigenvalue weighted by molar-refractivity contribution is -0.147. The number of nitrogens with two attached hydrogens (primary N) is 1. The summed E-state index contributed by atoms with van der Waals surface area (Å²) in [6, 6.07) is 6.19. The molecule has 1 aliphatic rings. The van der Waals surface area contributed by atoms with Crippen LogP contribution in [0.15, 0.2) is 29.8 Å². The Morgan fingerprint density at radius 3 is 2.41 bits per heavy atom. The summed E-state index contributed by atoms with van der Waals surface area (Å²) in [4.78, 5) is 44.8. The van der Waals surface area contributed by atoms with E-state index in [0.717, 1.165) is 21.7 Å². The van der Waals surface area contributed by atoms with Gasteiger partial charge in [0.2, 0.25) is 11.8 Å². The van der Waals surface area contributed by atoms with Gasteiger partial charge in [0.1, 0.15) is 12.1 Å². The van der Waals surface area contributed by atoms with E-state index in [1.54, 1.807) is 11.3 Å². The molecule has 2 aromatic rings. The molecule has 9 heteroatoms. The van der Waals surface area contributed by atoms with Crippen molar-refractivity contribution in [2.45, 2.75) is 72.2 Å². The molecule has 1 aromatic carbocycles. The maximum atomic E-state index is 13.3. The van der Waals surface area contributed by atoms with Crippen molar-refractivity contribution in [3.05, 3.63) is 41.0 Å². The van der Waals surface area contributed by atoms with Gasteiger partial charge in [-0.2, -0.15) is 0 Å². The molecule has 0 unspecified atom stereocenters. The number of nitrogens with zero attached hydrogens (tertiary/aromatic N) is 2. The molecule has 2 amide bonds. The van der Waals surface area contributed by atoms with Crippen LogP contribution in [0, 0.1) is 12.3 Å². The van der Waals surface area contributed by atoms with E-state index in [1.165, 1.54) is 11.8 Å². The first-order chi connectivity index (χ1) is 15.9. The molecule has 0 radical (unpaired) electrons. The number of hydrogen-bond donors (Lipinski definition) is 2. The van der Waals surface area contributed by atoms with Crippen molar-refractivity contribution in [1.82, 2.24) is 15.2 Å². The van der Waals surface area contributed by atoms with Gasteiger partial charge in [-0.1, -0.05) is 45.0 Å². The second-order valence-corrected chi connectivity index (χ2v) is 10.8. The molecule has 1 aromatic heterocycles. The Kier molecular flexibility index (Phi) is 7.77. The summed E-state index contributed by atoms with van der Waals surface area (Å²) in [5, 5.41) is 3.02. The van der Waals surface area contributed by atoms with Crippen molar-refractivity contribution in [2.75, 3.05) is 6.54 Å². The molecule has 2 heterocycles. The molecule has 3 N–H and O–H groups in total. The molecule has 0 aliphatic carbocycles. The lowest BCUT2D eigenvalue weighted by atomic mass is 9.86. The van der Waals surface area contributed by atoms with Crippen LogP contribution in [-0.2, 0) is 19.1 Å². The van der Waals surface area contributed by atoms with Crippen molar-refractivity contribution >= 4 is 29.1 Å². The zero-order chi connectivity index (χ0) is 25.2. The van der Waals surface area contributed by atoms with Crippen molar-refractivity contribution in [1.29, 1.82) is 0 Å². The Labute approximate surface area is 204 Å². The Bertz CT molecular complexity index is 1040. The quantitative estimate of drug-likeness (QED) is 0.606. The summed E-state index contributed by atoms with van der Waals surface area (Å²) >= 11 is 1.59. The molecular weight excluding hydrogens is 452 g/mol. The van der Waals surface area contributed by atoms with Crippen molar-refractivity contribution in [3.8, 4) is 10.4 Å². The fourth-order valence-electron chi connectivity index (χ4n) is 4.05. The average molecular weight is 487 g/mol. The Hall–Kier alpha value is -2.78. The van der Waals surface area contributed by atoms with Crippen LogP contribution in [0.5, 0.6) is 0 Å². The molecular formula is C25H34N4O4S. The van der Waals surface area contributed by atoms with Crippen molar-refractivity contribution in [3.63, 3.8) is 0 Å². The van der Waals surface area contributed by atoms with E-state index in [0.29, 0.717) is 0 Å². The van der Waals surface area contributed by atoms with E-state index in [1.807, 2.05) is 64.4 Å². The molecule has 1 saturated heterocycles. The van der Waals surface area contributed by atoms with Gasteiger partial charge in [0, 0.05) is 13.3 Å². The summed E-state index contributed by atoms with van der Waals surface area (Å²) in [5.74, 6) is -1.05. The first-order valence-corrected chi connectivity index (χ1v) is 12.3. The van der Waals surface area contributed by atoms with Gasteiger partial charge in [-0.05, 0) is 30.4 Å². The van der Waals surface area contributed by atoms with E-state index in [2.05, 4.69) is 10.3 Å². The second-order valence-electron chi connectivity index (χ2n) is 9.94. The van der Waals surface area contributed by atoms with Crippen LogP contribution < -0.4 is 11.1 Å². The number of rotatable bonds is 6. The number of benzene rings is 1. The fourth-order valence-corrected chi connectivity index (χ4v) is 4.87. The van der Waals surface area contributed by atoms with Crippen LogP contribution in [0.3, 0.4) is 0 Å². The van der Waals surface area contributed by atoms with Crippen LogP contribution in [0.25, 0.3) is 10.4 Å². The highest BCUT2D eigenvalue weighted by atomic mass is 32.1. The zero-order valence-electron chi connectivity index (χ0n) is 20.6. The Morgan fingerprint density at radius 1 is 1.24 bits per heavy atom. The Balaban J connectivity index is 1.74. The minimum absolute atomic E-state index is 0.150. The van der Waals surface area contributed by atoms with E-state index in [-0.39, 0.29) is 30.8 Å². The van der Waals surface area contributed by atoms with Crippen LogP contribution in [-0.4, -0.2) is 52.4 Å². The van der Waals surface area contributed by atoms with Gasteiger partial charge < -0.3 is 20.7 Å². The molecule has 8 nitrogen and oxygen atoms in total. The topological polar surface area (TPSA) is 115 Å². The maximum absolute atomic E-state index is 13.3. The molecule has 0 spiro atoms. The summed E-state index contributed by atoms with van der Waals surface area (Å²) in [6.07, 6.45) is -0.300.